The smallest absolute Gasteiger partial charge is 0.466 e. The molecule has 0 unspecified atom stereocenters. The maximum Gasteiger partial charge on any atom is 0.573 e. The molecule has 1 aromatic heterocycles. The van der Waals surface area contributed by atoms with Crippen LogP contribution >= 0.6 is 0 Å². The van der Waals surface area contributed by atoms with Gasteiger partial charge in [-0.15, -0.1) is 13.2 Å². The molecule has 1 aromatic rings. The van der Waals surface area contributed by atoms with E-state index in [4.69, 9.17) is 5.73 Å². The molecule has 124 valence electrons. The van der Waals surface area contributed by atoms with Gasteiger partial charge in [0.1, 0.15) is 0 Å². The molecule has 0 atom stereocenters. The lowest BCUT2D eigenvalue weighted by Crippen LogP contribution is -2.21. The first-order valence-electron chi connectivity index (χ1n) is 6.10. The van der Waals surface area contributed by atoms with Gasteiger partial charge in [0.05, 0.1) is 24.4 Å². The van der Waals surface area contributed by atoms with Crippen LogP contribution < -0.4 is 10.5 Å². The summed E-state index contributed by atoms with van der Waals surface area (Å²) in [5, 5.41) is 0. The van der Waals surface area contributed by atoms with Crippen molar-refractivity contribution in [2.75, 3.05) is 6.61 Å². The van der Waals surface area contributed by atoms with Gasteiger partial charge in [-0.2, -0.15) is 0 Å². The first-order valence-corrected chi connectivity index (χ1v) is 6.10. The first-order chi connectivity index (χ1) is 10.2. The number of hydrogen-bond acceptors (Lipinski definition) is 5. The van der Waals surface area contributed by atoms with Gasteiger partial charge in [-0.25, -0.2) is 8.78 Å². The molecule has 0 amide bonds. The van der Waals surface area contributed by atoms with Gasteiger partial charge in [0.25, 0.3) is 6.43 Å². The average molecular weight is 328 g/mol. The fourth-order valence-electron chi connectivity index (χ4n) is 1.63. The molecule has 22 heavy (non-hydrogen) atoms. The van der Waals surface area contributed by atoms with Gasteiger partial charge in [-0.3, -0.25) is 9.78 Å². The quantitative estimate of drug-likeness (QED) is 0.641. The summed E-state index contributed by atoms with van der Waals surface area (Å²) in [5.74, 6) is -1.75. The Morgan fingerprint density at radius 3 is 2.45 bits per heavy atom. The number of aromatic nitrogens is 1. The highest BCUT2D eigenvalue weighted by atomic mass is 19.4. The molecule has 0 saturated heterocycles. The van der Waals surface area contributed by atoms with Crippen LogP contribution in [0.3, 0.4) is 0 Å². The van der Waals surface area contributed by atoms with Crippen LogP contribution in [0.2, 0.25) is 0 Å². The van der Waals surface area contributed by atoms with Crippen LogP contribution in [0.25, 0.3) is 0 Å². The Balaban J connectivity index is 3.24. The maximum absolute atomic E-state index is 13.0. The van der Waals surface area contributed by atoms with Crippen molar-refractivity contribution >= 4 is 5.97 Å². The summed E-state index contributed by atoms with van der Waals surface area (Å²) in [6, 6.07) is 0.488. The molecule has 5 nitrogen and oxygen atoms in total. The van der Waals surface area contributed by atoms with Crippen LogP contribution in [0, 0.1) is 0 Å². The van der Waals surface area contributed by atoms with E-state index >= 15 is 0 Å². The number of ether oxygens (including phenoxy) is 2. The van der Waals surface area contributed by atoms with E-state index in [0.29, 0.717) is 6.07 Å². The van der Waals surface area contributed by atoms with Crippen LogP contribution in [0.15, 0.2) is 6.07 Å². The standard InChI is InChI=1S/C12H13F5N2O3/c1-2-21-10(20)4-7-6(11(13)14)3-9(8(5-18)19-7)22-12(15,16)17/h3,11H,2,4-5,18H2,1H3. The Bertz CT molecular complexity index is 534. The van der Waals surface area contributed by atoms with Crippen molar-refractivity contribution in [2.24, 2.45) is 5.73 Å². The number of rotatable bonds is 6. The monoisotopic (exact) mass is 328 g/mol. The molecule has 1 heterocycles. The van der Waals surface area contributed by atoms with Crippen LogP contribution in [-0.2, 0) is 22.5 Å². The molecular formula is C12H13F5N2O3. The maximum atomic E-state index is 13.0. The van der Waals surface area contributed by atoms with Gasteiger partial charge in [0, 0.05) is 12.1 Å². The first kappa shape index (κ1) is 18.1. The van der Waals surface area contributed by atoms with Gasteiger partial charge >= 0.3 is 12.3 Å². The Morgan fingerprint density at radius 2 is 2.00 bits per heavy atom. The molecule has 0 fully saturated rings. The lowest BCUT2D eigenvalue weighted by molar-refractivity contribution is -0.275. The van der Waals surface area contributed by atoms with Crippen molar-refractivity contribution in [3.05, 3.63) is 23.0 Å². The molecule has 0 bridgehead atoms. The Morgan fingerprint density at radius 1 is 1.36 bits per heavy atom. The number of nitrogens with two attached hydrogens (primary N) is 1. The summed E-state index contributed by atoms with van der Waals surface area (Å²) in [5.41, 5.74) is 3.61. The summed E-state index contributed by atoms with van der Waals surface area (Å²) in [4.78, 5) is 14.9. The van der Waals surface area contributed by atoms with Gasteiger partial charge < -0.3 is 15.2 Å². The van der Waals surface area contributed by atoms with Crippen molar-refractivity contribution in [3.63, 3.8) is 0 Å². The Labute approximate surface area is 122 Å². The third-order valence-corrected chi connectivity index (χ3v) is 2.45. The van der Waals surface area contributed by atoms with E-state index in [1.165, 1.54) is 6.92 Å². The van der Waals surface area contributed by atoms with Gasteiger partial charge in [0.2, 0.25) is 0 Å². The lowest BCUT2D eigenvalue weighted by Gasteiger charge is -2.16. The van der Waals surface area contributed by atoms with E-state index in [-0.39, 0.29) is 12.3 Å². The van der Waals surface area contributed by atoms with Crippen molar-refractivity contribution in [1.29, 1.82) is 0 Å². The Kier molecular flexibility index (Phi) is 6.03. The van der Waals surface area contributed by atoms with Crippen molar-refractivity contribution in [3.8, 4) is 5.75 Å². The van der Waals surface area contributed by atoms with E-state index in [2.05, 4.69) is 14.5 Å². The molecule has 0 radical (unpaired) electrons. The van der Waals surface area contributed by atoms with Crippen molar-refractivity contribution in [1.82, 2.24) is 4.98 Å². The number of pyridine rings is 1. The van der Waals surface area contributed by atoms with E-state index in [0.717, 1.165) is 0 Å². The number of halogens is 5. The third kappa shape index (κ3) is 5.10. The largest absolute Gasteiger partial charge is 0.573 e. The van der Waals surface area contributed by atoms with E-state index < -0.39 is 48.7 Å². The molecule has 0 aliphatic rings. The minimum atomic E-state index is -5.08. The van der Waals surface area contributed by atoms with Crippen molar-refractivity contribution in [2.45, 2.75) is 32.7 Å². The molecule has 0 spiro atoms. The predicted octanol–water partition coefficient (Wildman–Crippen LogP) is 2.48. The van der Waals surface area contributed by atoms with Crippen LogP contribution in [-0.4, -0.2) is 23.9 Å². The molecule has 0 saturated carbocycles. The molecule has 0 aromatic carbocycles. The van der Waals surface area contributed by atoms with Crippen LogP contribution in [0.5, 0.6) is 5.75 Å². The predicted molar refractivity (Wildman–Crippen MR) is 64.1 cm³/mol. The van der Waals surface area contributed by atoms with E-state index in [1.807, 2.05) is 0 Å². The topological polar surface area (TPSA) is 74.4 Å². The normalized spacial score (nSPS) is 11.6. The second-order valence-corrected chi connectivity index (χ2v) is 4.00. The fraction of sp³-hybridized carbons (Fsp3) is 0.500. The fourth-order valence-corrected chi connectivity index (χ4v) is 1.63. The highest BCUT2D eigenvalue weighted by molar-refractivity contribution is 5.72. The highest BCUT2D eigenvalue weighted by Gasteiger charge is 2.33. The summed E-state index contributed by atoms with van der Waals surface area (Å²) in [6.45, 7) is 1.07. The Hall–Kier alpha value is -1.97. The molecule has 1 rings (SSSR count). The zero-order chi connectivity index (χ0) is 16.9. The van der Waals surface area contributed by atoms with E-state index in [1.54, 1.807) is 0 Å². The summed E-state index contributed by atoms with van der Waals surface area (Å²) < 4.78 is 70.9. The number of carbonyl (C=O) groups is 1. The minimum Gasteiger partial charge on any atom is -0.466 e. The number of hydrogen-bond donors (Lipinski definition) is 1. The number of alkyl halides is 5. The van der Waals surface area contributed by atoms with Crippen molar-refractivity contribution < 1.29 is 36.2 Å². The molecule has 10 heteroatoms. The summed E-state index contributed by atoms with van der Waals surface area (Å²) in [7, 11) is 0. The molecule has 0 aliphatic heterocycles. The minimum absolute atomic E-state index is 0.0296. The van der Waals surface area contributed by atoms with Crippen LogP contribution in [0.4, 0.5) is 22.0 Å². The van der Waals surface area contributed by atoms with Gasteiger partial charge in [-0.1, -0.05) is 0 Å². The number of esters is 1. The second-order valence-electron chi connectivity index (χ2n) is 4.00. The average Bonchev–Trinajstić information content (AvgIpc) is 2.38. The lowest BCUT2D eigenvalue weighted by atomic mass is 10.1. The summed E-state index contributed by atoms with van der Waals surface area (Å²) in [6.07, 6.45) is -8.82. The highest BCUT2D eigenvalue weighted by Crippen LogP contribution is 2.32. The second kappa shape index (κ2) is 7.34. The molecule has 2 N–H and O–H groups in total. The zero-order valence-electron chi connectivity index (χ0n) is 11.4. The summed E-state index contributed by atoms with van der Waals surface area (Å²) >= 11 is 0. The van der Waals surface area contributed by atoms with E-state index in [9.17, 15) is 26.7 Å². The van der Waals surface area contributed by atoms with Gasteiger partial charge in [0.15, 0.2) is 5.75 Å². The number of carbonyl (C=O) groups excluding carboxylic acids is 1. The van der Waals surface area contributed by atoms with Gasteiger partial charge in [-0.05, 0) is 13.0 Å². The number of nitrogens with zero attached hydrogens (tertiary/aromatic N) is 1. The van der Waals surface area contributed by atoms with Crippen LogP contribution in [0.1, 0.15) is 30.3 Å². The SMILES string of the molecule is CCOC(=O)Cc1nc(CN)c(OC(F)(F)F)cc1C(F)F. The third-order valence-electron chi connectivity index (χ3n) is 2.45. The zero-order valence-corrected chi connectivity index (χ0v) is 11.4. The molecular weight excluding hydrogens is 315 g/mol. The molecule has 0 aliphatic carbocycles.